The number of hydrogen-bond acceptors (Lipinski definition) is 6. The quantitative estimate of drug-likeness (QED) is 0.718. The van der Waals surface area contributed by atoms with E-state index in [2.05, 4.69) is 9.97 Å². The van der Waals surface area contributed by atoms with Gasteiger partial charge in [0.15, 0.2) is 5.13 Å². The number of aromatic nitrogens is 3. The SMILES string of the molecule is Cc1nc(-n2cccc2)sc1C(=O)N1CCC(Oc2nccs2)C1. The maximum atomic E-state index is 12.8. The molecule has 0 radical (unpaired) electrons. The molecule has 1 fully saturated rings. The summed E-state index contributed by atoms with van der Waals surface area (Å²) in [4.78, 5) is 24.0. The van der Waals surface area contributed by atoms with Crippen LogP contribution in [0.1, 0.15) is 21.8 Å². The number of ether oxygens (including phenoxy) is 1. The average molecular weight is 360 g/mol. The van der Waals surface area contributed by atoms with Gasteiger partial charge in [0.25, 0.3) is 11.1 Å². The molecule has 1 aliphatic rings. The molecule has 0 aromatic carbocycles. The summed E-state index contributed by atoms with van der Waals surface area (Å²) in [7, 11) is 0. The summed E-state index contributed by atoms with van der Waals surface area (Å²) in [6.07, 6.45) is 6.42. The Hall–Kier alpha value is -2.19. The second-order valence-corrected chi connectivity index (χ2v) is 7.41. The molecule has 1 aliphatic heterocycles. The van der Waals surface area contributed by atoms with Crippen LogP contribution in [0.2, 0.25) is 0 Å². The van der Waals surface area contributed by atoms with E-state index < -0.39 is 0 Å². The van der Waals surface area contributed by atoms with E-state index in [-0.39, 0.29) is 12.0 Å². The van der Waals surface area contributed by atoms with Crippen LogP contribution < -0.4 is 4.74 Å². The third-order valence-corrected chi connectivity index (χ3v) is 5.73. The number of rotatable bonds is 4. The van der Waals surface area contributed by atoms with Gasteiger partial charge in [0.2, 0.25) is 0 Å². The Morgan fingerprint density at radius 1 is 1.38 bits per heavy atom. The van der Waals surface area contributed by atoms with E-state index >= 15 is 0 Å². The zero-order chi connectivity index (χ0) is 16.5. The Morgan fingerprint density at radius 3 is 2.96 bits per heavy atom. The minimum absolute atomic E-state index is 0.0113. The van der Waals surface area contributed by atoms with Crippen LogP contribution in [0.4, 0.5) is 0 Å². The first-order valence-electron chi connectivity index (χ1n) is 7.67. The molecule has 0 bridgehead atoms. The number of hydrogen-bond donors (Lipinski definition) is 0. The van der Waals surface area contributed by atoms with Crippen molar-refractivity contribution >= 4 is 28.6 Å². The summed E-state index contributed by atoms with van der Waals surface area (Å²) in [5.41, 5.74) is 0.776. The van der Waals surface area contributed by atoms with Gasteiger partial charge in [-0.1, -0.05) is 22.7 Å². The highest BCUT2D eigenvalue weighted by molar-refractivity contribution is 7.16. The minimum atomic E-state index is 0.0113. The molecule has 4 heterocycles. The molecule has 8 heteroatoms. The van der Waals surface area contributed by atoms with Crippen LogP contribution in [-0.2, 0) is 0 Å². The minimum Gasteiger partial charge on any atom is -0.465 e. The molecule has 0 spiro atoms. The molecule has 4 rings (SSSR count). The molecule has 1 amide bonds. The van der Waals surface area contributed by atoms with E-state index in [1.54, 1.807) is 6.20 Å². The van der Waals surface area contributed by atoms with Crippen LogP contribution in [-0.4, -0.2) is 44.5 Å². The Morgan fingerprint density at radius 2 is 2.21 bits per heavy atom. The fourth-order valence-corrected chi connectivity index (χ4v) is 4.27. The van der Waals surface area contributed by atoms with Gasteiger partial charge in [-0.25, -0.2) is 9.97 Å². The highest BCUT2D eigenvalue weighted by Crippen LogP contribution is 2.26. The van der Waals surface area contributed by atoms with Gasteiger partial charge in [-0.05, 0) is 19.1 Å². The summed E-state index contributed by atoms with van der Waals surface area (Å²) >= 11 is 2.90. The smallest absolute Gasteiger partial charge is 0.273 e. The largest absolute Gasteiger partial charge is 0.465 e. The Kier molecular flexibility index (Phi) is 4.07. The lowest BCUT2D eigenvalue weighted by molar-refractivity contribution is 0.0776. The van der Waals surface area contributed by atoms with Crippen molar-refractivity contribution in [3.8, 4) is 10.3 Å². The summed E-state index contributed by atoms with van der Waals surface area (Å²) in [5.74, 6) is 0.0358. The lowest BCUT2D eigenvalue weighted by Crippen LogP contribution is -2.30. The molecule has 1 unspecified atom stereocenters. The molecule has 1 saturated heterocycles. The topological polar surface area (TPSA) is 60.2 Å². The zero-order valence-corrected chi connectivity index (χ0v) is 14.7. The van der Waals surface area contributed by atoms with Gasteiger partial charge in [-0.2, -0.15) is 0 Å². The van der Waals surface area contributed by atoms with Gasteiger partial charge in [0.05, 0.1) is 12.2 Å². The molecule has 124 valence electrons. The molecule has 0 aliphatic carbocycles. The van der Waals surface area contributed by atoms with Crippen molar-refractivity contribution in [1.82, 2.24) is 19.4 Å². The van der Waals surface area contributed by atoms with E-state index in [1.165, 1.54) is 22.7 Å². The first kappa shape index (κ1) is 15.3. The van der Waals surface area contributed by atoms with Crippen LogP contribution >= 0.6 is 22.7 Å². The normalized spacial score (nSPS) is 17.4. The number of aryl methyl sites for hydroxylation is 1. The zero-order valence-electron chi connectivity index (χ0n) is 13.1. The number of thiazole rings is 2. The number of carbonyl (C=O) groups excluding carboxylic acids is 1. The monoisotopic (exact) mass is 360 g/mol. The first-order valence-corrected chi connectivity index (χ1v) is 9.36. The lowest BCUT2D eigenvalue weighted by atomic mass is 10.3. The van der Waals surface area contributed by atoms with Gasteiger partial charge < -0.3 is 14.2 Å². The van der Waals surface area contributed by atoms with Crippen molar-refractivity contribution in [2.45, 2.75) is 19.4 Å². The van der Waals surface area contributed by atoms with Crippen molar-refractivity contribution in [2.24, 2.45) is 0 Å². The van der Waals surface area contributed by atoms with Crippen LogP contribution in [0.25, 0.3) is 5.13 Å². The predicted octanol–water partition coefficient (Wildman–Crippen LogP) is 2.99. The summed E-state index contributed by atoms with van der Waals surface area (Å²) in [6.45, 7) is 3.18. The summed E-state index contributed by atoms with van der Waals surface area (Å²) in [6, 6.07) is 3.89. The molecule has 24 heavy (non-hydrogen) atoms. The highest BCUT2D eigenvalue weighted by Gasteiger charge is 2.30. The predicted molar refractivity (Wildman–Crippen MR) is 93.2 cm³/mol. The van der Waals surface area contributed by atoms with Gasteiger partial charge in [0.1, 0.15) is 11.0 Å². The van der Waals surface area contributed by atoms with Crippen LogP contribution in [0.15, 0.2) is 36.1 Å². The number of likely N-dealkylation sites (tertiary alicyclic amines) is 1. The van der Waals surface area contributed by atoms with Crippen LogP contribution in [0.5, 0.6) is 5.19 Å². The van der Waals surface area contributed by atoms with Crippen molar-refractivity contribution < 1.29 is 9.53 Å². The third kappa shape index (κ3) is 2.94. The van der Waals surface area contributed by atoms with Crippen molar-refractivity contribution in [1.29, 1.82) is 0 Å². The van der Waals surface area contributed by atoms with Crippen LogP contribution in [0, 0.1) is 6.92 Å². The molecular formula is C16H16N4O2S2. The molecule has 3 aromatic rings. The first-order chi connectivity index (χ1) is 11.7. The second kappa shape index (κ2) is 6.37. The molecule has 1 atom stereocenters. The maximum absolute atomic E-state index is 12.8. The van der Waals surface area contributed by atoms with Crippen molar-refractivity contribution in [3.63, 3.8) is 0 Å². The van der Waals surface area contributed by atoms with Crippen molar-refractivity contribution in [2.75, 3.05) is 13.1 Å². The highest BCUT2D eigenvalue weighted by atomic mass is 32.1. The number of amides is 1. The van der Waals surface area contributed by atoms with Gasteiger partial charge in [-0.15, -0.1) is 0 Å². The molecule has 3 aromatic heterocycles. The summed E-state index contributed by atoms with van der Waals surface area (Å²) in [5, 5.41) is 3.37. The van der Waals surface area contributed by atoms with Gasteiger partial charge in [-0.3, -0.25) is 4.79 Å². The third-order valence-electron chi connectivity index (χ3n) is 3.91. The number of nitrogens with zero attached hydrogens (tertiary/aromatic N) is 4. The van der Waals surface area contributed by atoms with Gasteiger partial charge in [0, 0.05) is 36.9 Å². The fourth-order valence-electron chi connectivity index (χ4n) is 2.72. The average Bonchev–Trinajstić information content (AvgIpc) is 3.35. The Bertz CT molecular complexity index is 827. The number of carbonyl (C=O) groups is 1. The van der Waals surface area contributed by atoms with E-state index in [9.17, 15) is 4.79 Å². The standard InChI is InChI=1S/C16H16N4O2S2/c1-11-13(24-15(18-11)19-6-2-3-7-19)14(21)20-8-4-12(10-20)22-16-17-5-9-23-16/h2-3,5-7,9,12H,4,8,10H2,1H3. The Balaban J connectivity index is 1.46. The molecule has 6 nitrogen and oxygen atoms in total. The molecule has 0 saturated carbocycles. The van der Waals surface area contributed by atoms with E-state index in [4.69, 9.17) is 4.74 Å². The second-order valence-electron chi connectivity index (χ2n) is 5.58. The van der Waals surface area contributed by atoms with E-state index in [1.807, 2.05) is 46.3 Å². The van der Waals surface area contributed by atoms with Crippen LogP contribution in [0.3, 0.4) is 0 Å². The maximum Gasteiger partial charge on any atom is 0.273 e. The van der Waals surface area contributed by atoms with Gasteiger partial charge >= 0.3 is 0 Å². The summed E-state index contributed by atoms with van der Waals surface area (Å²) < 4.78 is 7.75. The van der Waals surface area contributed by atoms with E-state index in [0.29, 0.717) is 23.2 Å². The van der Waals surface area contributed by atoms with E-state index in [0.717, 1.165) is 17.2 Å². The fraction of sp³-hybridized carbons (Fsp3) is 0.312. The molecular weight excluding hydrogens is 344 g/mol. The lowest BCUT2D eigenvalue weighted by Gasteiger charge is -2.15. The Labute approximate surface area is 147 Å². The van der Waals surface area contributed by atoms with Crippen molar-refractivity contribution in [3.05, 3.63) is 46.7 Å². The molecule has 0 N–H and O–H groups in total.